The molecule has 2 rings (SSSR count). The number of thioether (sulfide) groups is 1. The number of nitrogens with zero attached hydrogens (tertiary/aromatic N) is 1. The molecule has 0 unspecified atom stereocenters. The Hall–Kier alpha value is -2.17. The summed E-state index contributed by atoms with van der Waals surface area (Å²) in [5.41, 5.74) is 0.691. The molecule has 0 aromatic heterocycles. The number of hydrogen-bond donors (Lipinski definition) is 0. The van der Waals surface area contributed by atoms with Crippen LogP contribution in [0.1, 0.15) is 5.56 Å². The first kappa shape index (κ1) is 18.2. The third-order valence-corrected chi connectivity index (χ3v) is 4.51. The lowest BCUT2D eigenvalue weighted by Crippen LogP contribution is -2.28. The van der Waals surface area contributed by atoms with E-state index in [1.165, 1.54) is 7.11 Å². The van der Waals surface area contributed by atoms with E-state index in [0.717, 1.165) is 16.7 Å². The fraction of sp³-hybridized carbons (Fsp3) is 0.176. The summed E-state index contributed by atoms with van der Waals surface area (Å²) in [5.74, 6) is 2.94. The molecule has 0 N–H and O–H groups in total. The van der Waals surface area contributed by atoms with Gasteiger partial charge in [-0.15, -0.1) is 6.42 Å². The molecule has 5 nitrogen and oxygen atoms in total. The fourth-order valence-corrected chi connectivity index (χ4v) is 3.40. The number of halogens is 1. The van der Waals surface area contributed by atoms with Crippen LogP contribution in [0.4, 0.5) is 4.79 Å². The third-order valence-electron chi connectivity index (χ3n) is 3.02. The molecular formula is C17H14BrNO4S. The molecule has 1 aliphatic heterocycles. The van der Waals surface area contributed by atoms with E-state index in [2.05, 4.69) is 28.4 Å². The van der Waals surface area contributed by atoms with Crippen LogP contribution in [-0.4, -0.2) is 36.3 Å². The molecular weight excluding hydrogens is 394 g/mol. The number of carbonyl (C=O) groups excluding carboxylic acids is 2. The highest BCUT2D eigenvalue weighted by atomic mass is 79.9. The molecule has 0 bridgehead atoms. The first-order valence-electron chi connectivity index (χ1n) is 6.81. The number of terminal acetylenes is 1. The van der Waals surface area contributed by atoms with Gasteiger partial charge in [-0.2, -0.15) is 0 Å². The van der Waals surface area contributed by atoms with Crippen molar-refractivity contribution in [1.82, 2.24) is 4.90 Å². The van der Waals surface area contributed by atoms with E-state index in [1.807, 2.05) is 0 Å². The summed E-state index contributed by atoms with van der Waals surface area (Å²) in [6.45, 7) is 3.90. The van der Waals surface area contributed by atoms with Gasteiger partial charge < -0.3 is 9.47 Å². The summed E-state index contributed by atoms with van der Waals surface area (Å²) >= 11 is 4.27. The number of amides is 2. The molecule has 1 saturated heterocycles. The molecule has 2 amide bonds. The maximum atomic E-state index is 12.2. The Morgan fingerprint density at radius 1 is 1.46 bits per heavy atom. The molecule has 1 aliphatic rings. The lowest BCUT2D eigenvalue weighted by molar-refractivity contribution is -0.122. The van der Waals surface area contributed by atoms with Crippen molar-refractivity contribution >= 4 is 44.9 Å². The number of ether oxygens (including phenoxy) is 2. The number of imide groups is 1. The van der Waals surface area contributed by atoms with E-state index in [1.54, 1.807) is 24.3 Å². The van der Waals surface area contributed by atoms with Gasteiger partial charge in [0.15, 0.2) is 11.5 Å². The zero-order valence-corrected chi connectivity index (χ0v) is 15.3. The monoisotopic (exact) mass is 407 g/mol. The van der Waals surface area contributed by atoms with Gasteiger partial charge in [0.2, 0.25) is 0 Å². The van der Waals surface area contributed by atoms with Crippen LogP contribution in [0.25, 0.3) is 6.08 Å². The average molecular weight is 408 g/mol. The van der Waals surface area contributed by atoms with Gasteiger partial charge in [-0.3, -0.25) is 14.5 Å². The van der Waals surface area contributed by atoms with Crippen molar-refractivity contribution in [3.63, 3.8) is 0 Å². The normalized spacial score (nSPS) is 15.5. The van der Waals surface area contributed by atoms with Gasteiger partial charge in [0.05, 0.1) is 23.0 Å². The Morgan fingerprint density at radius 2 is 2.21 bits per heavy atom. The highest BCUT2D eigenvalue weighted by Crippen LogP contribution is 2.39. The second-order valence-electron chi connectivity index (χ2n) is 4.61. The Morgan fingerprint density at radius 3 is 2.83 bits per heavy atom. The first-order chi connectivity index (χ1) is 11.5. The predicted octanol–water partition coefficient (Wildman–Crippen LogP) is 3.69. The summed E-state index contributed by atoms with van der Waals surface area (Å²) in [6, 6.07) is 3.49. The minimum Gasteiger partial charge on any atom is -0.493 e. The Kier molecular flexibility index (Phi) is 6.12. The standard InChI is InChI=1S/C17H14BrNO4S/c1-4-6-19-16(20)14(24-17(19)21)10-11-8-12(18)15(23-7-5-2)13(9-11)22-3/h1,5,8-10H,2,6-7H2,3H3/b14-10+. The molecule has 0 saturated carbocycles. The summed E-state index contributed by atoms with van der Waals surface area (Å²) < 4.78 is 11.5. The Bertz CT molecular complexity index is 767. The summed E-state index contributed by atoms with van der Waals surface area (Å²) in [5, 5.41) is -0.374. The number of benzene rings is 1. The molecule has 7 heteroatoms. The molecule has 0 atom stereocenters. The molecule has 0 spiro atoms. The summed E-state index contributed by atoms with van der Waals surface area (Å²) in [4.78, 5) is 25.3. The highest BCUT2D eigenvalue weighted by molar-refractivity contribution is 9.10. The van der Waals surface area contributed by atoms with E-state index in [9.17, 15) is 9.59 Å². The van der Waals surface area contributed by atoms with Crippen molar-refractivity contribution in [3.05, 3.63) is 39.7 Å². The SMILES string of the molecule is C#CCN1C(=O)S/C(=C/c2cc(Br)c(OCC=C)c(OC)c2)C1=O. The van der Waals surface area contributed by atoms with Crippen LogP contribution in [0.15, 0.2) is 34.2 Å². The second kappa shape index (κ2) is 8.08. The van der Waals surface area contributed by atoms with E-state index >= 15 is 0 Å². The first-order valence-corrected chi connectivity index (χ1v) is 8.42. The van der Waals surface area contributed by atoms with E-state index in [-0.39, 0.29) is 11.8 Å². The molecule has 1 aromatic carbocycles. The number of methoxy groups -OCH3 is 1. The van der Waals surface area contributed by atoms with Crippen LogP contribution in [0.5, 0.6) is 11.5 Å². The minimum absolute atomic E-state index is 0.0383. The van der Waals surface area contributed by atoms with Gasteiger partial charge in [-0.1, -0.05) is 18.6 Å². The molecule has 1 fully saturated rings. The molecule has 124 valence electrons. The molecule has 0 radical (unpaired) electrons. The van der Waals surface area contributed by atoms with Gasteiger partial charge in [-0.05, 0) is 51.5 Å². The topological polar surface area (TPSA) is 55.8 Å². The van der Waals surface area contributed by atoms with Gasteiger partial charge in [0.25, 0.3) is 11.1 Å². The van der Waals surface area contributed by atoms with Crippen LogP contribution in [0.2, 0.25) is 0 Å². The van der Waals surface area contributed by atoms with Crippen LogP contribution in [0.3, 0.4) is 0 Å². The quantitative estimate of drug-likeness (QED) is 0.408. The largest absolute Gasteiger partial charge is 0.493 e. The van der Waals surface area contributed by atoms with Gasteiger partial charge in [0.1, 0.15) is 6.61 Å². The lowest BCUT2D eigenvalue weighted by Gasteiger charge is -2.12. The molecule has 24 heavy (non-hydrogen) atoms. The number of carbonyl (C=O) groups is 2. The third kappa shape index (κ3) is 3.83. The summed E-state index contributed by atoms with van der Waals surface area (Å²) in [6.07, 6.45) is 8.42. The van der Waals surface area contributed by atoms with Gasteiger partial charge in [-0.25, -0.2) is 0 Å². The lowest BCUT2D eigenvalue weighted by atomic mass is 10.2. The zero-order valence-electron chi connectivity index (χ0n) is 12.9. The summed E-state index contributed by atoms with van der Waals surface area (Å²) in [7, 11) is 1.52. The predicted molar refractivity (Wildman–Crippen MR) is 97.9 cm³/mol. The van der Waals surface area contributed by atoms with Crippen molar-refractivity contribution in [2.24, 2.45) is 0 Å². The van der Waals surface area contributed by atoms with E-state index in [0.29, 0.717) is 33.0 Å². The van der Waals surface area contributed by atoms with Crippen LogP contribution in [0, 0.1) is 12.3 Å². The Balaban J connectivity index is 2.35. The second-order valence-corrected chi connectivity index (χ2v) is 6.45. The van der Waals surface area contributed by atoms with Crippen molar-refractivity contribution in [2.45, 2.75) is 0 Å². The van der Waals surface area contributed by atoms with Crippen LogP contribution >= 0.6 is 27.7 Å². The van der Waals surface area contributed by atoms with Crippen molar-refractivity contribution in [3.8, 4) is 23.8 Å². The maximum absolute atomic E-state index is 12.2. The van der Waals surface area contributed by atoms with E-state index < -0.39 is 5.91 Å². The highest BCUT2D eigenvalue weighted by Gasteiger charge is 2.34. The van der Waals surface area contributed by atoms with Crippen molar-refractivity contribution < 1.29 is 19.1 Å². The van der Waals surface area contributed by atoms with Crippen molar-refractivity contribution in [1.29, 1.82) is 0 Å². The van der Waals surface area contributed by atoms with Gasteiger partial charge in [0, 0.05) is 0 Å². The van der Waals surface area contributed by atoms with Crippen LogP contribution in [-0.2, 0) is 4.79 Å². The van der Waals surface area contributed by atoms with Gasteiger partial charge >= 0.3 is 0 Å². The number of hydrogen-bond acceptors (Lipinski definition) is 5. The van der Waals surface area contributed by atoms with Crippen LogP contribution < -0.4 is 9.47 Å². The zero-order chi connectivity index (χ0) is 17.7. The smallest absolute Gasteiger partial charge is 0.294 e. The Labute approximate surface area is 152 Å². The average Bonchev–Trinajstić information content (AvgIpc) is 2.81. The number of rotatable bonds is 6. The van der Waals surface area contributed by atoms with Crippen molar-refractivity contribution in [2.75, 3.05) is 20.3 Å². The van der Waals surface area contributed by atoms with E-state index in [4.69, 9.17) is 15.9 Å². The maximum Gasteiger partial charge on any atom is 0.294 e. The molecule has 1 heterocycles. The minimum atomic E-state index is -0.398. The molecule has 0 aliphatic carbocycles. The molecule has 1 aromatic rings. The fourth-order valence-electron chi connectivity index (χ4n) is 1.98.